The van der Waals surface area contributed by atoms with E-state index in [4.69, 9.17) is 14.6 Å². The van der Waals surface area contributed by atoms with Gasteiger partial charge in [0, 0.05) is 40.9 Å². The Hall–Kier alpha value is -5.02. The molecule has 6 aromatic rings. The predicted molar refractivity (Wildman–Crippen MR) is 172 cm³/mol. The first kappa shape index (κ1) is 29.7. The molecule has 0 saturated carbocycles. The number of halogens is 2. The summed E-state index contributed by atoms with van der Waals surface area (Å²) in [5.41, 5.74) is 5.52. The molecule has 0 fully saturated rings. The van der Waals surface area contributed by atoms with Crippen molar-refractivity contribution in [2.45, 2.75) is 45.9 Å². The van der Waals surface area contributed by atoms with Crippen LogP contribution in [0.1, 0.15) is 51.9 Å². The monoisotopic (exact) mass is 621 g/mol. The van der Waals surface area contributed by atoms with E-state index in [9.17, 15) is 14.3 Å². The number of fused-ring (bicyclic) bond motifs is 4. The van der Waals surface area contributed by atoms with Gasteiger partial charge in [-0.1, -0.05) is 55.5 Å². The number of benzene rings is 4. The normalized spacial score (nSPS) is 13.0. The highest BCUT2D eigenvalue weighted by Gasteiger charge is 2.30. The van der Waals surface area contributed by atoms with Crippen LogP contribution in [-0.4, -0.2) is 32.0 Å². The molecule has 0 atom stereocenters. The predicted octanol–water partition coefficient (Wildman–Crippen LogP) is 7.82. The summed E-state index contributed by atoms with van der Waals surface area (Å²) in [5, 5.41) is 17.2. The van der Waals surface area contributed by atoms with Crippen molar-refractivity contribution in [1.82, 2.24) is 14.3 Å². The van der Waals surface area contributed by atoms with Crippen LogP contribution < -0.4 is 4.74 Å². The Morgan fingerprint density at radius 3 is 2.43 bits per heavy atom. The number of aromatic nitrogens is 3. The molecule has 0 saturated heterocycles. The average Bonchev–Trinajstić information content (AvgIpc) is 3.53. The highest BCUT2D eigenvalue weighted by atomic mass is 19.1. The van der Waals surface area contributed by atoms with E-state index in [2.05, 4.69) is 0 Å². The number of carbonyl (C=O) groups is 1. The summed E-state index contributed by atoms with van der Waals surface area (Å²) in [6.07, 6.45) is 1.43. The molecule has 4 aromatic carbocycles. The maximum absolute atomic E-state index is 16.2. The van der Waals surface area contributed by atoms with Gasteiger partial charge >= 0.3 is 5.97 Å². The fourth-order valence-electron chi connectivity index (χ4n) is 6.78. The standard InChI is InChI=1S/C37H33F2N3O4/c1-3-30-34-31(41(2)40-30)21-45-20-23-10-5-4-9-22(23)19-42-35-27(14-15-29(39)33(34)35)26(36(42)37(43)44)13-8-18-46-32-17-16-28(38)24-11-6-7-12-25(24)32/h4-7,9-12,14-17H,3,8,13,18-21H2,1-2H3,(H,43,44). The number of rotatable bonds is 7. The number of carboxylic acids is 1. The molecule has 46 heavy (non-hydrogen) atoms. The highest BCUT2D eigenvalue weighted by Crippen LogP contribution is 2.41. The van der Waals surface area contributed by atoms with Crippen LogP contribution in [0.3, 0.4) is 0 Å². The van der Waals surface area contributed by atoms with Crippen molar-refractivity contribution >= 4 is 27.6 Å². The molecule has 0 aliphatic carbocycles. The molecule has 0 unspecified atom stereocenters. The van der Waals surface area contributed by atoms with Crippen LogP contribution in [0.5, 0.6) is 5.75 Å². The third kappa shape index (κ3) is 5.01. The van der Waals surface area contributed by atoms with Gasteiger partial charge in [-0.05, 0) is 60.2 Å². The van der Waals surface area contributed by atoms with Gasteiger partial charge in [-0.25, -0.2) is 13.6 Å². The van der Waals surface area contributed by atoms with Gasteiger partial charge in [0.25, 0.3) is 0 Å². The third-order valence-electron chi connectivity index (χ3n) is 8.91. The molecule has 234 valence electrons. The largest absolute Gasteiger partial charge is 0.493 e. The Morgan fingerprint density at radius 1 is 0.913 bits per heavy atom. The molecule has 1 aliphatic heterocycles. The van der Waals surface area contributed by atoms with Crippen LogP contribution in [0, 0.1) is 11.6 Å². The van der Waals surface area contributed by atoms with Gasteiger partial charge in [0.15, 0.2) is 0 Å². The first-order valence-corrected chi connectivity index (χ1v) is 15.4. The summed E-state index contributed by atoms with van der Waals surface area (Å²) < 4.78 is 46.3. The molecule has 0 spiro atoms. The van der Waals surface area contributed by atoms with Crippen molar-refractivity contribution in [3.8, 4) is 16.9 Å². The highest BCUT2D eigenvalue weighted by molar-refractivity contribution is 6.04. The first-order valence-electron chi connectivity index (χ1n) is 15.4. The fourth-order valence-corrected chi connectivity index (χ4v) is 6.78. The zero-order valence-corrected chi connectivity index (χ0v) is 25.6. The van der Waals surface area contributed by atoms with Crippen molar-refractivity contribution < 1.29 is 28.2 Å². The Kier molecular flexibility index (Phi) is 7.78. The second-order valence-corrected chi connectivity index (χ2v) is 11.6. The summed E-state index contributed by atoms with van der Waals surface area (Å²) in [4.78, 5) is 13.1. The van der Waals surface area contributed by atoms with Crippen LogP contribution in [-0.2, 0) is 44.4 Å². The average molecular weight is 622 g/mol. The Morgan fingerprint density at radius 2 is 1.65 bits per heavy atom. The minimum absolute atomic E-state index is 0.118. The van der Waals surface area contributed by atoms with Crippen molar-refractivity contribution in [2.24, 2.45) is 7.05 Å². The summed E-state index contributed by atoms with van der Waals surface area (Å²) >= 11 is 0. The molecule has 1 N–H and O–H groups in total. The van der Waals surface area contributed by atoms with E-state index >= 15 is 4.39 Å². The van der Waals surface area contributed by atoms with Crippen LogP contribution in [0.25, 0.3) is 32.8 Å². The first-order chi connectivity index (χ1) is 22.4. The number of hydrogen-bond acceptors (Lipinski definition) is 4. The van der Waals surface area contributed by atoms with Crippen molar-refractivity contribution in [3.05, 3.63) is 118 Å². The van der Waals surface area contributed by atoms with E-state index in [1.54, 1.807) is 33.5 Å². The van der Waals surface area contributed by atoms with Crippen LogP contribution in [0.4, 0.5) is 8.78 Å². The second-order valence-electron chi connectivity index (χ2n) is 11.6. The van der Waals surface area contributed by atoms with Crippen molar-refractivity contribution in [1.29, 1.82) is 0 Å². The smallest absolute Gasteiger partial charge is 0.352 e. The minimum atomic E-state index is -1.09. The molecule has 7 rings (SSSR count). The molecule has 2 aromatic heterocycles. The van der Waals surface area contributed by atoms with Crippen LogP contribution >= 0.6 is 0 Å². The summed E-state index contributed by atoms with van der Waals surface area (Å²) in [7, 11) is 1.82. The molecule has 0 amide bonds. The lowest BCUT2D eigenvalue weighted by Crippen LogP contribution is -2.13. The van der Waals surface area contributed by atoms with Crippen molar-refractivity contribution in [3.63, 3.8) is 0 Å². The molecule has 9 heteroatoms. The molecule has 1 aliphatic rings. The van der Waals surface area contributed by atoms with E-state index in [0.717, 1.165) is 22.5 Å². The molecule has 7 nitrogen and oxygen atoms in total. The number of nitrogens with zero attached hydrogens (tertiary/aromatic N) is 3. The molecule has 0 bridgehead atoms. The number of aromatic carboxylic acids is 1. The maximum atomic E-state index is 16.2. The lowest BCUT2D eigenvalue weighted by molar-refractivity contribution is 0.0684. The van der Waals surface area contributed by atoms with Gasteiger partial charge in [-0.15, -0.1) is 0 Å². The van der Waals surface area contributed by atoms with Crippen LogP contribution in [0.15, 0.2) is 72.8 Å². The van der Waals surface area contributed by atoms with Crippen molar-refractivity contribution in [2.75, 3.05) is 6.61 Å². The molecule has 3 heterocycles. The Bertz CT molecular complexity index is 2130. The fraction of sp³-hybridized carbons (Fsp3) is 0.243. The van der Waals surface area contributed by atoms with Gasteiger partial charge in [0.05, 0.1) is 36.7 Å². The van der Waals surface area contributed by atoms with Crippen LogP contribution in [0.2, 0.25) is 0 Å². The summed E-state index contributed by atoms with van der Waals surface area (Å²) in [6, 6.07) is 21.0. The second kappa shape index (κ2) is 12.1. The number of ether oxygens (including phenoxy) is 2. The van der Waals surface area contributed by atoms with Gasteiger partial charge in [0.2, 0.25) is 0 Å². The molecular weight excluding hydrogens is 588 g/mol. The number of carboxylic acid groups (broad SMARTS) is 1. The Labute approximate surface area is 264 Å². The van der Waals surface area contributed by atoms with E-state index in [-0.39, 0.29) is 31.3 Å². The van der Waals surface area contributed by atoms with E-state index in [0.29, 0.717) is 70.0 Å². The van der Waals surface area contributed by atoms with E-state index in [1.165, 1.54) is 12.1 Å². The van der Waals surface area contributed by atoms with Gasteiger partial charge < -0.3 is 19.1 Å². The lowest BCUT2D eigenvalue weighted by atomic mass is 9.96. The molecule has 0 radical (unpaired) electrons. The minimum Gasteiger partial charge on any atom is -0.493 e. The Balaban J connectivity index is 1.37. The summed E-state index contributed by atoms with van der Waals surface area (Å²) in [5.74, 6) is -1.29. The maximum Gasteiger partial charge on any atom is 0.352 e. The number of aryl methyl sites for hydroxylation is 3. The lowest BCUT2D eigenvalue weighted by Gasteiger charge is -2.15. The topological polar surface area (TPSA) is 78.5 Å². The van der Waals surface area contributed by atoms with Gasteiger partial charge in [-0.3, -0.25) is 4.68 Å². The van der Waals surface area contributed by atoms with Gasteiger partial charge in [0.1, 0.15) is 23.1 Å². The SMILES string of the molecule is CCc1nn(C)c2c1-c1c(F)ccc3c(CCCOc4ccc(F)c5ccccc45)c(C(=O)O)n(c13)Cc1ccccc1COC2. The molecular formula is C37H33F2N3O4. The number of hydrogen-bond donors (Lipinski definition) is 1. The van der Waals surface area contributed by atoms with E-state index in [1.807, 2.05) is 50.4 Å². The quantitative estimate of drug-likeness (QED) is 0.184. The third-order valence-corrected chi connectivity index (χ3v) is 8.91. The summed E-state index contributed by atoms with van der Waals surface area (Å²) in [6.45, 7) is 3.01. The van der Waals surface area contributed by atoms with E-state index < -0.39 is 11.8 Å². The zero-order chi connectivity index (χ0) is 31.9. The zero-order valence-electron chi connectivity index (χ0n) is 25.6. The van der Waals surface area contributed by atoms with Gasteiger partial charge in [-0.2, -0.15) is 5.10 Å².